The third kappa shape index (κ3) is 5.46. The first-order valence-corrected chi connectivity index (χ1v) is 16.2. The summed E-state index contributed by atoms with van der Waals surface area (Å²) in [7, 11) is 0. The normalized spacial score (nSPS) is 11.8. The Hall–Kier alpha value is -6.30. The largest absolute Gasteiger partial charge is 0.354 e. The first-order valence-electron chi connectivity index (χ1n) is 16.2. The van der Waals surface area contributed by atoms with Crippen molar-refractivity contribution in [3.05, 3.63) is 168 Å². The summed E-state index contributed by atoms with van der Waals surface area (Å²) in [6, 6.07) is 50.7. The number of aromatic nitrogens is 4. The van der Waals surface area contributed by atoms with Crippen molar-refractivity contribution < 1.29 is 0 Å². The second-order valence-electron chi connectivity index (χ2n) is 12.0. The minimum atomic E-state index is 0. The topological polar surface area (TPSA) is 57.4 Å². The van der Waals surface area contributed by atoms with Crippen LogP contribution < -0.4 is 0 Å². The van der Waals surface area contributed by atoms with Gasteiger partial charge in [0.25, 0.3) is 0 Å². The molecule has 2 N–H and O–H groups in total. The monoisotopic (exact) mass is 646 g/mol. The maximum absolute atomic E-state index is 5.35. The van der Waals surface area contributed by atoms with Gasteiger partial charge in [-0.25, -0.2) is 9.97 Å². The van der Waals surface area contributed by atoms with Gasteiger partial charge in [0.2, 0.25) is 0 Å². The van der Waals surface area contributed by atoms with Gasteiger partial charge in [-0.2, -0.15) is 0 Å². The second-order valence-corrected chi connectivity index (χ2v) is 12.0. The average molecular weight is 647 g/mol. The van der Waals surface area contributed by atoms with Crippen molar-refractivity contribution in [1.82, 2.24) is 19.9 Å². The van der Waals surface area contributed by atoms with E-state index in [1.54, 1.807) is 0 Å². The van der Waals surface area contributed by atoms with Gasteiger partial charge in [0.1, 0.15) is 0 Å². The van der Waals surface area contributed by atoms with E-state index in [-0.39, 0.29) is 11.0 Å². The van der Waals surface area contributed by atoms with Gasteiger partial charge in [-0.05, 0) is 81.8 Å². The van der Waals surface area contributed by atoms with Gasteiger partial charge in [0.15, 0.2) is 0 Å². The summed E-state index contributed by atoms with van der Waals surface area (Å²) < 4.78 is 0. The van der Waals surface area contributed by atoms with Gasteiger partial charge in [-0.15, -0.1) is 0 Å². The lowest BCUT2D eigenvalue weighted by Gasteiger charge is -2.07. The molecule has 9 rings (SSSR count). The molecular formula is C44H34N4Si. The number of H-pyrrole nitrogens is 2. The number of hydrogen-bond donors (Lipinski definition) is 2. The molecule has 234 valence electrons. The van der Waals surface area contributed by atoms with E-state index in [1.807, 2.05) is 24.3 Å². The summed E-state index contributed by atoms with van der Waals surface area (Å²) in [6.45, 7) is 0. The molecule has 4 nitrogen and oxygen atoms in total. The third-order valence-electron chi connectivity index (χ3n) is 9.00. The molecule has 2 aliphatic heterocycles. The summed E-state index contributed by atoms with van der Waals surface area (Å²) in [5, 5.41) is 0. The summed E-state index contributed by atoms with van der Waals surface area (Å²) in [4.78, 5) is 18.3. The number of benzene rings is 4. The Kier molecular flexibility index (Phi) is 7.80. The van der Waals surface area contributed by atoms with Gasteiger partial charge in [-0.3, -0.25) is 0 Å². The Labute approximate surface area is 289 Å². The average Bonchev–Trinajstić information content (AvgIpc) is 3.98. The van der Waals surface area contributed by atoms with Crippen LogP contribution in [0.15, 0.2) is 146 Å². The van der Waals surface area contributed by atoms with E-state index in [2.05, 4.69) is 156 Å². The number of rotatable bonds is 4. The molecule has 8 bridgehead atoms. The van der Waals surface area contributed by atoms with E-state index in [1.165, 1.54) is 0 Å². The van der Waals surface area contributed by atoms with E-state index >= 15 is 0 Å². The fourth-order valence-corrected chi connectivity index (χ4v) is 6.84. The van der Waals surface area contributed by atoms with Crippen LogP contribution in [0.4, 0.5) is 0 Å². The van der Waals surface area contributed by atoms with Crippen molar-refractivity contribution in [2.75, 3.05) is 0 Å². The fourth-order valence-electron chi connectivity index (χ4n) is 6.84. The number of aromatic amines is 2. The molecule has 2 aliphatic rings. The molecule has 0 radical (unpaired) electrons. The van der Waals surface area contributed by atoms with Crippen LogP contribution in [0.1, 0.15) is 22.8 Å². The minimum absolute atomic E-state index is 0. The highest BCUT2D eigenvalue weighted by Crippen LogP contribution is 2.38. The molecular weight excluding hydrogens is 613 g/mol. The zero-order valence-corrected chi connectivity index (χ0v) is 26.1. The highest BCUT2D eigenvalue weighted by molar-refractivity contribution is 5.99. The zero-order chi connectivity index (χ0) is 31.9. The third-order valence-corrected chi connectivity index (χ3v) is 9.00. The van der Waals surface area contributed by atoms with Crippen LogP contribution in [0.2, 0.25) is 0 Å². The van der Waals surface area contributed by atoms with Gasteiger partial charge in [0.05, 0.1) is 22.8 Å². The first-order chi connectivity index (χ1) is 23.8. The molecule has 0 spiro atoms. The molecule has 0 unspecified atom stereocenters. The second kappa shape index (κ2) is 12.7. The Bertz CT molecular complexity index is 2180. The van der Waals surface area contributed by atoms with E-state index in [9.17, 15) is 0 Å². The first kappa shape index (κ1) is 30.1. The lowest BCUT2D eigenvalue weighted by molar-refractivity contribution is 1.31. The van der Waals surface area contributed by atoms with Crippen LogP contribution in [-0.2, 0) is 0 Å². The molecule has 0 aliphatic carbocycles. The predicted octanol–water partition coefficient (Wildman–Crippen LogP) is 9.87. The Balaban J connectivity index is 0.00000348. The summed E-state index contributed by atoms with van der Waals surface area (Å²) >= 11 is 0. The maximum Gasteiger partial charge on any atom is 0.0737 e. The molecule has 0 fully saturated rings. The molecule has 0 saturated carbocycles. The van der Waals surface area contributed by atoms with Crippen molar-refractivity contribution >= 4 is 57.3 Å². The fraction of sp³-hybridized carbons (Fsp3) is 0. The molecule has 7 aromatic rings. The van der Waals surface area contributed by atoms with Gasteiger partial charge in [0, 0.05) is 44.3 Å². The van der Waals surface area contributed by atoms with Crippen molar-refractivity contribution in [3.63, 3.8) is 0 Å². The Morgan fingerprint density at radius 2 is 0.510 bits per heavy atom. The molecule has 0 saturated heterocycles. The van der Waals surface area contributed by atoms with E-state index < -0.39 is 0 Å². The SMILES string of the molecule is C1=Cc2nc1c(-c1ccccc1)c1ccc([nH]1)c(-c1ccccc1)c1nc(c(-c3ccccc3)c3ccc([nH]3)c2-c2ccccc2)C=C1.[SiH4]. The van der Waals surface area contributed by atoms with Gasteiger partial charge >= 0.3 is 0 Å². The smallest absolute Gasteiger partial charge is 0.0737 e. The highest BCUT2D eigenvalue weighted by atomic mass is 28.1. The van der Waals surface area contributed by atoms with Crippen molar-refractivity contribution in [3.8, 4) is 44.5 Å². The number of hydrogen-bond acceptors (Lipinski definition) is 2. The van der Waals surface area contributed by atoms with Crippen LogP contribution in [-0.4, -0.2) is 30.9 Å². The van der Waals surface area contributed by atoms with Crippen LogP contribution in [0.3, 0.4) is 0 Å². The molecule has 5 heterocycles. The van der Waals surface area contributed by atoms with E-state index in [0.717, 1.165) is 89.4 Å². The van der Waals surface area contributed by atoms with Crippen LogP contribution in [0.25, 0.3) is 90.9 Å². The number of nitrogens with one attached hydrogen (secondary N) is 2. The summed E-state index contributed by atoms with van der Waals surface area (Å²) in [5.41, 5.74) is 16.2. The van der Waals surface area contributed by atoms with E-state index in [4.69, 9.17) is 9.97 Å². The molecule has 49 heavy (non-hydrogen) atoms. The minimum Gasteiger partial charge on any atom is -0.354 e. The van der Waals surface area contributed by atoms with Crippen molar-refractivity contribution in [1.29, 1.82) is 0 Å². The van der Waals surface area contributed by atoms with Crippen LogP contribution >= 0.6 is 0 Å². The van der Waals surface area contributed by atoms with Crippen molar-refractivity contribution in [2.45, 2.75) is 0 Å². The molecule has 4 aromatic carbocycles. The predicted molar refractivity (Wildman–Crippen MR) is 212 cm³/mol. The lowest BCUT2D eigenvalue weighted by Crippen LogP contribution is -1.89. The van der Waals surface area contributed by atoms with Crippen LogP contribution in [0.5, 0.6) is 0 Å². The molecule has 5 heteroatoms. The zero-order valence-electron chi connectivity index (χ0n) is 26.1. The Morgan fingerprint density at radius 1 is 0.286 bits per heavy atom. The van der Waals surface area contributed by atoms with E-state index in [0.29, 0.717) is 0 Å². The molecule has 3 aromatic heterocycles. The highest BCUT2D eigenvalue weighted by Gasteiger charge is 2.18. The summed E-state index contributed by atoms with van der Waals surface area (Å²) in [6.07, 6.45) is 8.54. The number of nitrogens with zero attached hydrogens (tertiary/aromatic N) is 2. The molecule has 0 amide bonds. The molecule has 0 atom stereocenters. The lowest BCUT2D eigenvalue weighted by atomic mass is 10.0. The standard InChI is InChI=1S/C44H30N4.H4Si/c1-5-13-29(14-6-1)41-33-21-23-35(45-33)42(30-15-7-2-8-16-30)37-25-27-39(47-37)44(32-19-11-4-12-20-32)40-28-26-38(48-40)43(31-17-9-3-10-18-31)36-24-22-34(41)46-36;/h1-28,45,48H;1H4. The van der Waals surface area contributed by atoms with Gasteiger partial charge < -0.3 is 9.97 Å². The van der Waals surface area contributed by atoms with Crippen molar-refractivity contribution in [2.24, 2.45) is 0 Å². The van der Waals surface area contributed by atoms with Crippen LogP contribution in [0, 0.1) is 0 Å². The summed E-state index contributed by atoms with van der Waals surface area (Å²) in [5.74, 6) is 0. The quantitative estimate of drug-likeness (QED) is 0.187. The maximum atomic E-state index is 5.35. The Morgan fingerprint density at radius 3 is 0.735 bits per heavy atom. The number of fused-ring (bicyclic) bond motifs is 8. The van der Waals surface area contributed by atoms with Gasteiger partial charge in [-0.1, -0.05) is 121 Å².